The fourth-order valence-electron chi connectivity index (χ4n) is 10.8. The molecule has 1 amide bonds. The lowest BCUT2D eigenvalue weighted by Crippen LogP contribution is -2.43. The van der Waals surface area contributed by atoms with Crippen LogP contribution in [-0.4, -0.2) is 110 Å². The second-order valence-corrected chi connectivity index (χ2v) is 22.6. The van der Waals surface area contributed by atoms with Crippen molar-refractivity contribution in [1.82, 2.24) is 19.6 Å². The van der Waals surface area contributed by atoms with Gasteiger partial charge in [-0.1, -0.05) is 253 Å². The van der Waals surface area contributed by atoms with Crippen molar-refractivity contribution in [2.45, 2.75) is 311 Å². The van der Waals surface area contributed by atoms with E-state index in [4.69, 9.17) is 4.74 Å². The molecule has 1 unspecified atom stereocenters. The number of esters is 1. The summed E-state index contributed by atoms with van der Waals surface area (Å²) in [6, 6.07) is 0. The van der Waals surface area contributed by atoms with Gasteiger partial charge in [0.2, 0.25) is 5.91 Å². The van der Waals surface area contributed by atoms with Crippen molar-refractivity contribution in [3.05, 3.63) is 0 Å². The van der Waals surface area contributed by atoms with E-state index >= 15 is 0 Å². The Morgan fingerprint density at radius 1 is 0.386 bits per heavy atom. The quantitative estimate of drug-likeness (QED) is 0.0447. The smallest absolute Gasteiger partial charge is 0.305 e. The molecule has 0 aliphatic carbocycles. The van der Waals surface area contributed by atoms with Gasteiger partial charge in [0.05, 0.1) is 13.2 Å². The van der Waals surface area contributed by atoms with Crippen LogP contribution in [0, 0.1) is 5.92 Å². The predicted molar refractivity (Wildman–Crippen MR) is 307 cm³/mol. The number of nitrogens with zero attached hydrogens (tertiary/aromatic N) is 4. The van der Waals surface area contributed by atoms with Crippen LogP contribution in [0.25, 0.3) is 0 Å². The number of ether oxygens (including phenoxy) is 1. The number of amides is 1. The highest BCUT2D eigenvalue weighted by molar-refractivity contribution is 5.78. The van der Waals surface area contributed by atoms with Crippen LogP contribution < -0.4 is 0 Å². The standard InChI is InChI=1S/C63H126N4O3/c1-6-11-16-21-26-27-28-29-30-34-38-43-51-65(53-45-40-47-63(69)70-57-46-39-25-20-15-10-5)58-61-48-54-67(59-61)62(68)60-66(52-44-37-33-24-19-14-9-4)56-55-64(49-41-35-31-22-17-12-7-2)50-42-36-32-23-18-13-8-3/h61H,6-60H2,1-5H3. The van der Waals surface area contributed by atoms with Gasteiger partial charge in [0, 0.05) is 39.1 Å². The van der Waals surface area contributed by atoms with Crippen molar-refractivity contribution in [2.24, 2.45) is 5.92 Å². The molecule has 0 aromatic heterocycles. The summed E-state index contributed by atoms with van der Waals surface area (Å²) in [5.74, 6) is 0.892. The Morgan fingerprint density at radius 2 is 0.714 bits per heavy atom. The van der Waals surface area contributed by atoms with Gasteiger partial charge in [-0.2, -0.15) is 0 Å². The molecule has 70 heavy (non-hydrogen) atoms. The largest absolute Gasteiger partial charge is 0.466 e. The Hall–Kier alpha value is -1.18. The average molecular weight is 988 g/mol. The van der Waals surface area contributed by atoms with Gasteiger partial charge in [-0.3, -0.25) is 14.5 Å². The number of carbonyl (C=O) groups is 2. The van der Waals surface area contributed by atoms with Gasteiger partial charge < -0.3 is 19.4 Å². The van der Waals surface area contributed by atoms with Gasteiger partial charge in [0.25, 0.3) is 0 Å². The van der Waals surface area contributed by atoms with Crippen molar-refractivity contribution < 1.29 is 14.3 Å². The topological polar surface area (TPSA) is 56.3 Å². The first-order valence-electron chi connectivity index (χ1n) is 32.1. The molecule has 1 rings (SSSR count). The maximum Gasteiger partial charge on any atom is 0.305 e. The van der Waals surface area contributed by atoms with E-state index in [1.807, 2.05) is 0 Å². The van der Waals surface area contributed by atoms with Gasteiger partial charge in [0.15, 0.2) is 0 Å². The summed E-state index contributed by atoms with van der Waals surface area (Å²) in [5.41, 5.74) is 0. The molecule has 0 aromatic carbocycles. The van der Waals surface area contributed by atoms with Crippen molar-refractivity contribution in [3.63, 3.8) is 0 Å². The Morgan fingerprint density at radius 3 is 1.13 bits per heavy atom. The van der Waals surface area contributed by atoms with Crippen LogP contribution in [0.2, 0.25) is 0 Å². The lowest BCUT2D eigenvalue weighted by Gasteiger charge is -2.29. The molecule has 0 radical (unpaired) electrons. The third kappa shape index (κ3) is 43.2. The van der Waals surface area contributed by atoms with E-state index in [-0.39, 0.29) is 5.97 Å². The summed E-state index contributed by atoms with van der Waals surface area (Å²) in [5, 5.41) is 0. The maximum absolute atomic E-state index is 14.2. The molecule has 0 aromatic rings. The highest BCUT2D eigenvalue weighted by Gasteiger charge is 2.28. The lowest BCUT2D eigenvalue weighted by atomic mass is 10.0. The number of hydrogen-bond acceptors (Lipinski definition) is 6. The molecule has 0 saturated carbocycles. The minimum atomic E-state index is -0.0129. The highest BCUT2D eigenvalue weighted by atomic mass is 16.5. The van der Waals surface area contributed by atoms with E-state index in [1.165, 1.54) is 257 Å². The number of rotatable bonds is 56. The first kappa shape index (κ1) is 66.8. The second kappa shape index (κ2) is 52.7. The molecular weight excluding hydrogens is 861 g/mol. The van der Waals surface area contributed by atoms with Crippen LogP contribution in [0.3, 0.4) is 0 Å². The molecule has 0 bridgehead atoms. The minimum Gasteiger partial charge on any atom is -0.466 e. The molecule has 1 saturated heterocycles. The van der Waals surface area contributed by atoms with Crippen LogP contribution >= 0.6 is 0 Å². The zero-order valence-electron chi connectivity index (χ0n) is 48.5. The lowest BCUT2D eigenvalue weighted by molar-refractivity contribution is -0.144. The van der Waals surface area contributed by atoms with Crippen LogP contribution in [-0.2, 0) is 14.3 Å². The molecule has 1 heterocycles. The molecule has 0 spiro atoms. The molecule has 7 nitrogen and oxygen atoms in total. The van der Waals surface area contributed by atoms with Crippen LogP contribution in [0.4, 0.5) is 0 Å². The van der Waals surface area contributed by atoms with Crippen molar-refractivity contribution in [1.29, 1.82) is 0 Å². The summed E-state index contributed by atoms with van der Waals surface area (Å²) in [7, 11) is 0. The number of carbonyl (C=O) groups excluding carboxylic acids is 2. The summed E-state index contributed by atoms with van der Waals surface area (Å²) in [4.78, 5) is 37.1. The number of hydrogen-bond donors (Lipinski definition) is 0. The van der Waals surface area contributed by atoms with Crippen LogP contribution in [0.15, 0.2) is 0 Å². The van der Waals surface area contributed by atoms with Crippen LogP contribution in [0.5, 0.6) is 0 Å². The van der Waals surface area contributed by atoms with Gasteiger partial charge in [-0.25, -0.2) is 0 Å². The number of unbranched alkanes of at least 4 members (excludes halogenated alkanes) is 35. The molecule has 0 N–H and O–H groups in total. The molecular formula is C63H126N4O3. The first-order valence-corrected chi connectivity index (χ1v) is 32.1. The van der Waals surface area contributed by atoms with E-state index in [0.29, 0.717) is 31.4 Å². The minimum absolute atomic E-state index is 0.0129. The van der Waals surface area contributed by atoms with Gasteiger partial charge in [-0.15, -0.1) is 0 Å². The molecule has 1 fully saturated rings. The average Bonchev–Trinajstić information content (AvgIpc) is 3.84. The first-order chi connectivity index (χ1) is 34.5. The Kier molecular flexibility index (Phi) is 50.3. The monoisotopic (exact) mass is 987 g/mol. The zero-order chi connectivity index (χ0) is 50.6. The van der Waals surface area contributed by atoms with E-state index in [9.17, 15) is 9.59 Å². The number of likely N-dealkylation sites (tertiary alicyclic amines) is 1. The molecule has 416 valence electrons. The van der Waals surface area contributed by atoms with E-state index in [0.717, 1.165) is 78.0 Å². The van der Waals surface area contributed by atoms with Gasteiger partial charge >= 0.3 is 5.97 Å². The molecule has 7 heteroatoms. The Labute approximate surface area is 439 Å². The van der Waals surface area contributed by atoms with Crippen LogP contribution in [0.1, 0.15) is 311 Å². The molecule has 1 atom stereocenters. The highest BCUT2D eigenvalue weighted by Crippen LogP contribution is 2.21. The summed E-state index contributed by atoms with van der Waals surface area (Å²) in [6.45, 7) is 23.4. The van der Waals surface area contributed by atoms with Crippen molar-refractivity contribution in [3.8, 4) is 0 Å². The summed E-state index contributed by atoms with van der Waals surface area (Å²) < 4.78 is 5.62. The summed E-state index contributed by atoms with van der Waals surface area (Å²) in [6.07, 6.45) is 55.7. The Balaban J connectivity index is 2.81. The predicted octanol–water partition coefficient (Wildman–Crippen LogP) is 17.8. The maximum atomic E-state index is 14.2. The second-order valence-electron chi connectivity index (χ2n) is 22.6. The third-order valence-electron chi connectivity index (χ3n) is 15.7. The van der Waals surface area contributed by atoms with Gasteiger partial charge in [0.1, 0.15) is 0 Å². The normalized spacial score (nSPS) is 14.1. The van der Waals surface area contributed by atoms with E-state index < -0.39 is 0 Å². The third-order valence-corrected chi connectivity index (χ3v) is 15.7. The van der Waals surface area contributed by atoms with Crippen molar-refractivity contribution in [2.75, 3.05) is 78.6 Å². The molecule has 1 aliphatic heterocycles. The fourth-order valence-corrected chi connectivity index (χ4v) is 10.8. The van der Waals surface area contributed by atoms with Gasteiger partial charge in [-0.05, 0) is 90.0 Å². The van der Waals surface area contributed by atoms with E-state index in [1.54, 1.807) is 0 Å². The fraction of sp³-hybridized carbons (Fsp3) is 0.968. The SMILES string of the molecule is CCCCCCCCCCCCCCN(CCCCC(=O)OCCCCCCCC)CC1CCN(C(=O)CN(CCCCCCCCC)CCN(CCCCCCCCC)CCCCCCCCC)C1. The summed E-state index contributed by atoms with van der Waals surface area (Å²) >= 11 is 0. The zero-order valence-corrected chi connectivity index (χ0v) is 48.5. The van der Waals surface area contributed by atoms with Crippen molar-refractivity contribution >= 4 is 11.9 Å². The Bertz CT molecular complexity index is 1070. The van der Waals surface area contributed by atoms with E-state index in [2.05, 4.69) is 54.2 Å². The molecule has 1 aliphatic rings.